The number of aryl methyl sites for hydroxylation is 1. The molecule has 0 fully saturated rings. The molecule has 0 aliphatic rings. The second-order valence-corrected chi connectivity index (χ2v) is 13.1. The number of carbonyl (C=O) groups is 2. The molecule has 2 amide bonds. The van der Waals surface area contributed by atoms with Gasteiger partial charge in [0.15, 0.2) is 0 Å². The number of nitrogens with zero attached hydrogens (tertiary/aromatic N) is 2. The molecule has 0 aliphatic carbocycles. The lowest BCUT2D eigenvalue weighted by atomic mass is 10.1. The van der Waals surface area contributed by atoms with E-state index in [4.69, 9.17) is 23.2 Å². The van der Waals surface area contributed by atoms with Crippen LogP contribution in [-0.2, 0) is 26.2 Å². The van der Waals surface area contributed by atoms with Gasteiger partial charge >= 0.3 is 0 Å². The number of amides is 2. The Hall–Kier alpha value is -3.07. The van der Waals surface area contributed by atoms with Crippen molar-refractivity contribution in [1.82, 2.24) is 10.2 Å². The zero-order valence-corrected chi connectivity index (χ0v) is 26.4. The zero-order valence-electron chi connectivity index (χ0n) is 24.0. The van der Waals surface area contributed by atoms with Crippen LogP contribution in [0.4, 0.5) is 5.69 Å². The Labute approximate surface area is 253 Å². The van der Waals surface area contributed by atoms with Crippen molar-refractivity contribution in [3.8, 4) is 0 Å². The van der Waals surface area contributed by atoms with Crippen LogP contribution in [-0.4, -0.2) is 44.3 Å². The number of nitrogens with one attached hydrogen (secondary N) is 1. The molecule has 0 saturated carbocycles. The predicted molar refractivity (Wildman–Crippen MR) is 166 cm³/mol. The van der Waals surface area contributed by atoms with E-state index in [1.807, 2.05) is 27.7 Å². The number of halogens is 2. The second-order valence-electron chi connectivity index (χ2n) is 10.4. The number of benzene rings is 3. The van der Waals surface area contributed by atoms with Gasteiger partial charge in [0.25, 0.3) is 10.0 Å². The molecule has 0 spiro atoms. The van der Waals surface area contributed by atoms with Gasteiger partial charge in [0.1, 0.15) is 12.6 Å². The van der Waals surface area contributed by atoms with Crippen LogP contribution in [0.15, 0.2) is 71.6 Å². The molecule has 3 aromatic rings. The number of hydrogen-bond donors (Lipinski definition) is 1. The van der Waals surface area contributed by atoms with Crippen molar-refractivity contribution in [2.24, 2.45) is 5.92 Å². The minimum Gasteiger partial charge on any atom is -0.354 e. The van der Waals surface area contributed by atoms with E-state index in [2.05, 4.69) is 5.32 Å². The Morgan fingerprint density at radius 2 is 1.54 bits per heavy atom. The maximum atomic E-state index is 14.2. The summed E-state index contributed by atoms with van der Waals surface area (Å²) in [7, 11) is -4.19. The topological polar surface area (TPSA) is 86.8 Å². The summed E-state index contributed by atoms with van der Waals surface area (Å²) in [6.45, 7) is 9.27. The minimum absolute atomic E-state index is 0.0268. The van der Waals surface area contributed by atoms with Crippen LogP contribution in [0.1, 0.15) is 43.9 Å². The third-order valence-electron chi connectivity index (χ3n) is 6.76. The first-order chi connectivity index (χ1) is 19.4. The molecule has 0 radical (unpaired) electrons. The van der Waals surface area contributed by atoms with Gasteiger partial charge in [-0.25, -0.2) is 8.42 Å². The third-order valence-corrected chi connectivity index (χ3v) is 9.32. The highest BCUT2D eigenvalue weighted by molar-refractivity contribution is 7.92. The Balaban J connectivity index is 2.10. The fourth-order valence-corrected chi connectivity index (χ4v) is 6.21. The van der Waals surface area contributed by atoms with Gasteiger partial charge in [-0.05, 0) is 67.6 Å². The summed E-state index contributed by atoms with van der Waals surface area (Å²) >= 11 is 12.8. The highest BCUT2D eigenvalue weighted by atomic mass is 35.5. The fourth-order valence-electron chi connectivity index (χ4n) is 4.37. The largest absolute Gasteiger partial charge is 0.354 e. The Bertz CT molecular complexity index is 1480. The summed E-state index contributed by atoms with van der Waals surface area (Å²) in [6, 6.07) is 17.6. The smallest absolute Gasteiger partial charge is 0.264 e. The van der Waals surface area contributed by atoms with E-state index in [1.54, 1.807) is 61.5 Å². The lowest BCUT2D eigenvalue weighted by molar-refractivity contribution is -0.140. The van der Waals surface area contributed by atoms with E-state index in [9.17, 15) is 18.0 Å². The summed E-state index contributed by atoms with van der Waals surface area (Å²) in [4.78, 5) is 28.9. The van der Waals surface area contributed by atoms with E-state index in [0.717, 1.165) is 9.87 Å². The Morgan fingerprint density at radius 3 is 2.15 bits per heavy atom. The van der Waals surface area contributed by atoms with Gasteiger partial charge in [-0.15, -0.1) is 0 Å². The van der Waals surface area contributed by atoms with Gasteiger partial charge in [-0.3, -0.25) is 13.9 Å². The average molecular weight is 619 g/mol. The van der Waals surface area contributed by atoms with Crippen molar-refractivity contribution in [3.05, 3.63) is 93.5 Å². The molecule has 220 valence electrons. The van der Waals surface area contributed by atoms with Crippen molar-refractivity contribution in [1.29, 1.82) is 0 Å². The number of anilines is 1. The molecule has 0 aromatic heterocycles. The van der Waals surface area contributed by atoms with Crippen molar-refractivity contribution >= 4 is 50.7 Å². The summed E-state index contributed by atoms with van der Waals surface area (Å²) in [6.07, 6.45) is 0.320. The van der Waals surface area contributed by atoms with Crippen molar-refractivity contribution in [2.75, 3.05) is 17.4 Å². The SMILES string of the molecule is CCC(C(=O)NCC(C)C)N(Cc1ccccc1Cl)C(=O)CN(c1cccc(Cl)c1C)S(=O)(=O)c1ccc(C)cc1. The standard InChI is InChI=1S/C31H37Cl2N3O4S/c1-6-28(31(38)34-18-21(2)3)35(19-24-10-7-8-11-27(24)33)30(37)20-36(29-13-9-12-26(32)23(29)5)41(39,40)25-16-14-22(4)15-17-25/h7-17,21,28H,6,18-20H2,1-5H3,(H,34,38). The van der Waals surface area contributed by atoms with Crippen LogP contribution in [0.3, 0.4) is 0 Å². The molecule has 0 bridgehead atoms. The summed E-state index contributed by atoms with van der Waals surface area (Å²) < 4.78 is 29.2. The lowest BCUT2D eigenvalue weighted by Gasteiger charge is -2.34. The van der Waals surface area contributed by atoms with Crippen molar-refractivity contribution < 1.29 is 18.0 Å². The second kappa shape index (κ2) is 14.2. The highest BCUT2D eigenvalue weighted by Crippen LogP contribution is 2.31. The van der Waals surface area contributed by atoms with Crippen LogP contribution < -0.4 is 9.62 Å². The maximum Gasteiger partial charge on any atom is 0.264 e. The first-order valence-corrected chi connectivity index (χ1v) is 15.7. The molecule has 7 nitrogen and oxygen atoms in total. The van der Waals surface area contributed by atoms with Crippen LogP contribution in [0, 0.1) is 19.8 Å². The summed E-state index contributed by atoms with van der Waals surface area (Å²) in [5, 5.41) is 3.73. The molecule has 10 heteroatoms. The predicted octanol–water partition coefficient (Wildman–Crippen LogP) is 6.39. The number of sulfonamides is 1. The fraction of sp³-hybridized carbons (Fsp3) is 0.355. The van der Waals surface area contributed by atoms with Gasteiger partial charge in [0.05, 0.1) is 10.6 Å². The van der Waals surface area contributed by atoms with E-state index in [1.165, 1.54) is 17.0 Å². The van der Waals surface area contributed by atoms with Crippen molar-refractivity contribution in [3.63, 3.8) is 0 Å². The quantitative estimate of drug-likeness (QED) is 0.255. The third kappa shape index (κ3) is 8.03. The molecule has 1 atom stereocenters. The van der Waals surface area contributed by atoms with Gasteiger partial charge in [-0.2, -0.15) is 0 Å². The van der Waals surface area contributed by atoms with Crippen LogP contribution in [0.2, 0.25) is 10.0 Å². The van der Waals surface area contributed by atoms with Crippen molar-refractivity contribution in [2.45, 2.75) is 58.5 Å². The molecule has 1 N–H and O–H groups in total. The first-order valence-electron chi connectivity index (χ1n) is 13.5. The monoisotopic (exact) mass is 617 g/mol. The summed E-state index contributed by atoms with van der Waals surface area (Å²) in [5.74, 6) is -0.648. The molecule has 3 aromatic carbocycles. The zero-order chi connectivity index (χ0) is 30.3. The molecule has 3 rings (SSSR count). The number of hydrogen-bond acceptors (Lipinski definition) is 4. The van der Waals surface area contributed by atoms with E-state index in [-0.39, 0.29) is 29.0 Å². The minimum atomic E-state index is -4.19. The van der Waals surface area contributed by atoms with Crippen LogP contribution in [0.25, 0.3) is 0 Å². The lowest BCUT2D eigenvalue weighted by Crippen LogP contribution is -2.52. The summed E-state index contributed by atoms with van der Waals surface area (Å²) in [5.41, 5.74) is 2.33. The molecule has 41 heavy (non-hydrogen) atoms. The highest BCUT2D eigenvalue weighted by Gasteiger charge is 2.34. The average Bonchev–Trinajstić information content (AvgIpc) is 2.93. The number of rotatable bonds is 12. The van der Waals surface area contributed by atoms with Gasteiger partial charge < -0.3 is 10.2 Å². The van der Waals surface area contributed by atoms with Crippen LogP contribution in [0.5, 0.6) is 0 Å². The first kappa shape index (κ1) is 32.4. The molecular formula is C31H37Cl2N3O4S. The Morgan fingerprint density at radius 1 is 0.902 bits per heavy atom. The normalized spacial score (nSPS) is 12.2. The van der Waals surface area contributed by atoms with Crippen LogP contribution >= 0.6 is 23.2 Å². The van der Waals surface area contributed by atoms with Gasteiger partial charge in [0.2, 0.25) is 11.8 Å². The molecular weight excluding hydrogens is 581 g/mol. The molecule has 0 heterocycles. The Kier molecular flexibility index (Phi) is 11.2. The maximum absolute atomic E-state index is 14.2. The molecule has 0 saturated heterocycles. The van der Waals surface area contributed by atoms with E-state index in [0.29, 0.717) is 34.1 Å². The van der Waals surface area contributed by atoms with Gasteiger partial charge in [-0.1, -0.05) is 85.9 Å². The molecule has 1 unspecified atom stereocenters. The number of carbonyl (C=O) groups excluding carboxylic acids is 2. The molecule has 0 aliphatic heterocycles. The van der Waals surface area contributed by atoms with E-state index < -0.39 is 28.5 Å². The van der Waals surface area contributed by atoms with E-state index >= 15 is 0 Å². The van der Waals surface area contributed by atoms with Gasteiger partial charge in [0, 0.05) is 23.1 Å².